The second-order valence-electron chi connectivity index (χ2n) is 22.3. The van der Waals surface area contributed by atoms with Gasteiger partial charge in [-0.05, 0) is 116 Å². The lowest BCUT2D eigenvalue weighted by Gasteiger charge is -2.28. The molecule has 464 valence electrons. The van der Waals surface area contributed by atoms with Crippen LogP contribution < -0.4 is 71.2 Å². The lowest BCUT2D eigenvalue weighted by atomic mass is 9.88. The van der Waals surface area contributed by atoms with Crippen molar-refractivity contribution in [3.05, 3.63) is 0 Å². The van der Waals surface area contributed by atoms with Gasteiger partial charge in [-0.2, -0.15) is 0 Å². The molecule has 1 heterocycles. The fourth-order valence-corrected chi connectivity index (χ4v) is 9.53. The van der Waals surface area contributed by atoms with Crippen molar-refractivity contribution in [2.45, 2.75) is 212 Å². The highest BCUT2D eigenvalue weighted by atomic mass is 16.3. The number of hydrogen-bond acceptors (Lipinski definition) is 18. The average Bonchev–Trinajstić information content (AvgIpc) is 3.40. The molecule has 0 aromatic carbocycles. The van der Waals surface area contributed by atoms with Gasteiger partial charge in [-0.25, -0.2) is 0 Å². The summed E-state index contributed by atoms with van der Waals surface area (Å²) in [7, 11) is 0. The van der Waals surface area contributed by atoms with Gasteiger partial charge in [0.15, 0.2) is 11.6 Å². The van der Waals surface area contributed by atoms with Crippen molar-refractivity contribution < 1.29 is 63.0 Å². The lowest BCUT2D eigenvalue weighted by molar-refractivity contribution is -0.137. The first-order valence-electron chi connectivity index (χ1n) is 29.1. The molecule has 1 saturated heterocycles. The molecule has 0 aliphatic carbocycles. The smallest absolute Gasteiger partial charge is 0.245 e. The highest BCUT2D eigenvalue weighted by Gasteiger charge is 2.38. The minimum atomic E-state index is -1.66. The van der Waals surface area contributed by atoms with E-state index >= 15 is 0 Å². The van der Waals surface area contributed by atoms with Crippen LogP contribution in [0, 0.1) is 29.6 Å². The van der Waals surface area contributed by atoms with Crippen LogP contribution in [0.5, 0.6) is 0 Å². The Hall–Kier alpha value is -5.51. The SMILES string of the molecule is CCCCCCCC(=O)C[C@@H](CCN)C(=O)N[C@H](C(=O)C[C@@H](CCN)C(=O)N[C@H]1CCNC(=O)[C@H]([C@@H](C)O)NC(=O)[C@H](CCN)NC(=O)[C@H](CCN)NC(=O)[C@H](CC(C)C)NC(=O)[C@@H](CC(C)C)CC(=O)[C@H](CCN)NC1=O)[C@@H](C)O. The predicted molar refractivity (Wildman–Crippen MR) is 304 cm³/mol. The summed E-state index contributed by atoms with van der Waals surface area (Å²) in [5, 5.41) is 42.3. The van der Waals surface area contributed by atoms with Gasteiger partial charge in [-0.1, -0.05) is 60.3 Å². The monoisotopic (exact) mass is 1150 g/mol. The summed E-state index contributed by atoms with van der Waals surface area (Å²) in [6, 6.07) is -10.0. The minimum absolute atomic E-state index is 0.0638. The Labute approximate surface area is 478 Å². The van der Waals surface area contributed by atoms with Crippen molar-refractivity contribution in [3.63, 3.8) is 0 Å². The standard InChI is InChI=1S/C55H101N13O13/c1-8-9-10-11-12-13-38(71)28-35(14-20-56)49(75)67-46(33(6)69)45(73)29-36(15-21-57)48(74)63-42-19-25-61-55(81)47(34(7)70)68-53(79)41(18-24-60)64-51(77)40(17-23-59)65-54(80)43(27-32(4)5)66-50(76)37(26-31(2)3)30-44(72)39(16-22-58)62-52(42)78/h31-37,39-43,46-47,69-70H,8-30,56-60H2,1-7H3,(H,61,81)(H,62,78)(H,63,74)(H,64,77)(H,65,80)(H,66,76)(H,67,75)(H,68,79)/t33-,34-,35-,36-,37+,39+,40+,41+,42+,43+,46+,47+/m1/s1. The summed E-state index contributed by atoms with van der Waals surface area (Å²) in [4.78, 5) is 153. The highest BCUT2D eigenvalue weighted by Crippen LogP contribution is 2.21. The van der Waals surface area contributed by atoms with Gasteiger partial charge in [0.25, 0.3) is 0 Å². The van der Waals surface area contributed by atoms with Crippen LogP contribution in [-0.2, 0) is 52.7 Å². The first-order valence-corrected chi connectivity index (χ1v) is 29.1. The molecule has 1 rings (SSSR count). The number of amides is 8. The number of nitrogens with one attached hydrogen (secondary N) is 8. The Morgan fingerprint density at radius 2 is 1.09 bits per heavy atom. The molecule has 0 aromatic rings. The van der Waals surface area contributed by atoms with Crippen molar-refractivity contribution >= 4 is 64.6 Å². The van der Waals surface area contributed by atoms with Crippen molar-refractivity contribution in [1.29, 1.82) is 0 Å². The molecule has 0 bridgehead atoms. The van der Waals surface area contributed by atoms with Crippen molar-refractivity contribution in [3.8, 4) is 0 Å². The van der Waals surface area contributed by atoms with E-state index < -0.39 is 157 Å². The van der Waals surface area contributed by atoms with Gasteiger partial charge in [0.2, 0.25) is 47.3 Å². The maximum Gasteiger partial charge on any atom is 0.245 e. The predicted octanol–water partition coefficient (Wildman–Crippen LogP) is -2.42. The Balaban J connectivity index is 3.83. The molecule has 81 heavy (non-hydrogen) atoms. The van der Waals surface area contributed by atoms with Crippen LogP contribution in [0.4, 0.5) is 0 Å². The van der Waals surface area contributed by atoms with Crippen molar-refractivity contribution in [1.82, 2.24) is 42.5 Å². The third-order valence-corrected chi connectivity index (χ3v) is 14.1. The molecule has 26 nitrogen and oxygen atoms in total. The zero-order valence-electron chi connectivity index (χ0n) is 49.1. The summed E-state index contributed by atoms with van der Waals surface area (Å²) < 4.78 is 0. The largest absolute Gasteiger partial charge is 0.391 e. The molecule has 20 N–H and O–H groups in total. The molecule has 8 amide bonds. The van der Waals surface area contributed by atoms with Crippen LogP contribution in [-0.4, -0.2) is 169 Å². The summed E-state index contributed by atoms with van der Waals surface area (Å²) in [5.74, 6) is -11.7. The number of aliphatic hydroxyl groups excluding tert-OH is 2. The number of ketones is 3. The van der Waals surface area contributed by atoms with E-state index in [4.69, 9.17) is 28.7 Å². The number of aliphatic hydroxyl groups is 2. The molecule has 0 saturated carbocycles. The number of unbranched alkanes of at least 4 members (excludes halogenated alkanes) is 4. The van der Waals surface area contributed by atoms with Crippen LogP contribution in [0.2, 0.25) is 0 Å². The van der Waals surface area contributed by atoms with E-state index in [1.54, 1.807) is 0 Å². The van der Waals surface area contributed by atoms with Crippen LogP contribution in [0.1, 0.15) is 158 Å². The summed E-state index contributed by atoms with van der Waals surface area (Å²) in [6.45, 7) is 11.0. The Bertz CT molecular complexity index is 2030. The highest BCUT2D eigenvalue weighted by molar-refractivity contribution is 5.99. The zero-order valence-corrected chi connectivity index (χ0v) is 49.1. The Morgan fingerprint density at radius 3 is 1.60 bits per heavy atom. The average molecular weight is 1150 g/mol. The van der Waals surface area contributed by atoms with E-state index in [1.165, 1.54) is 13.8 Å². The number of carbonyl (C=O) groups is 11. The number of hydrogen-bond donors (Lipinski definition) is 15. The Kier molecular flexibility index (Phi) is 36.2. The maximum atomic E-state index is 14.5. The molecule has 26 heteroatoms. The van der Waals surface area contributed by atoms with Crippen LogP contribution in [0.3, 0.4) is 0 Å². The first-order chi connectivity index (χ1) is 38.3. The lowest BCUT2D eigenvalue weighted by Crippen LogP contribution is -2.60. The number of rotatable bonds is 31. The van der Waals surface area contributed by atoms with Gasteiger partial charge in [0, 0.05) is 50.0 Å². The van der Waals surface area contributed by atoms with Crippen molar-refractivity contribution in [2.75, 3.05) is 39.3 Å². The molecule has 0 radical (unpaired) electrons. The van der Waals surface area contributed by atoms with E-state index in [-0.39, 0.29) is 108 Å². The molecule has 1 aliphatic rings. The summed E-state index contributed by atoms with van der Waals surface area (Å²) in [6.07, 6.45) is 0.232. The molecule has 0 aromatic heterocycles. The molecule has 0 unspecified atom stereocenters. The number of carbonyl (C=O) groups excluding carboxylic acids is 11. The van der Waals surface area contributed by atoms with Gasteiger partial charge < -0.3 is 81.4 Å². The van der Waals surface area contributed by atoms with E-state index in [0.717, 1.165) is 25.7 Å². The fraction of sp³-hybridized carbons (Fsp3) is 0.800. The van der Waals surface area contributed by atoms with Gasteiger partial charge >= 0.3 is 0 Å². The quantitative estimate of drug-likeness (QED) is 0.0321. The van der Waals surface area contributed by atoms with Crippen molar-refractivity contribution in [2.24, 2.45) is 58.3 Å². The normalized spacial score (nSPS) is 23.4. The van der Waals surface area contributed by atoms with Gasteiger partial charge in [0.1, 0.15) is 42.0 Å². The van der Waals surface area contributed by atoms with E-state index in [0.29, 0.717) is 6.42 Å². The molecular formula is C55H101N13O13. The second-order valence-corrected chi connectivity index (χ2v) is 22.3. The second kappa shape index (κ2) is 39.8. The zero-order chi connectivity index (χ0) is 61.4. The van der Waals surface area contributed by atoms with E-state index in [1.807, 2.05) is 27.7 Å². The van der Waals surface area contributed by atoms with E-state index in [2.05, 4.69) is 49.5 Å². The van der Waals surface area contributed by atoms with Crippen LogP contribution in [0.25, 0.3) is 0 Å². The van der Waals surface area contributed by atoms with Gasteiger partial charge in [-0.3, -0.25) is 52.7 Å². The van der Waals surface area contributed by atoms with Crippen LogP contribution >= 0.6 is 0 Å². The molecule has 0 spiro atoms. The topological polar surface area (TPSA) is 455 Å². The molecule has 1 aliphatic heterocycles. The number of Topliss-reactive ketones (excluding diaryl/α,β-unsaturated/α-hetero) is 3. The summed E-state index contributed by atoms with van der Waals surface area (Å²) in [5.41, 5.74) is 29.4. The third-order valence-electron chi connectivity index (χ3n) is 14.1. The molecule has 12 atom stereocenters. The Morgan fingerprint density at radius 1 is 0.580 bits per heavy atom. The summed E-state index contributed by atoms with van der Waals surface area (Å²) >= 11 is 0. The maximum absolute atomic E-state index is 14.5. The van der Waals surface area contributed by atoms with Gasteiger partial charge in [0.05, 0.1) is 18.2 Å². The first kappa shape index (κ1) is 73.5. The van der Waals surface area contributed by atoms with Gasteiger partial charge in [-0.15, -0.1) is 0 Å². The van der Waals surface area contributed by atoms with Crippen LogP contribution in [0.15, 0.2) is 0 Å². The number of nitrogens with two attached hydrogens (primary N) is 5. The molecular weight excluding hydrogens is 1050 g/mol. The van der Waals surface area contributed by atoms with E-state index in [9.17, 15) is 63.0 Å². The minimum Gasteiger partial charge on any atom is -0.391 e. The molecule has 1 fully saturated rings. The third kappa shape index (κ3) is 27.9. The fourth-order valence-electron chi connectivity index (χ4n) is 9.53.